The van der Waals surface area contributed by atoms with Crippen LogP contribution in [-0.4, -0.2) is 92.8 Å². The molecular weight excluding hydrogens is 1150 g/mol. The lowest BCUT2D eigenvalue weighted by atomic mass is 10.0. The number of benzene rings is 3. The average molecular weight is 1210 g/mol. The first-order chi connectivity index (χ1) is 43.8. The molecule has 3 aliphatic heterocycles. The van der Waals surface area contributed by atoms with E-state index in [-0.39, 0.29) is 17.5 Å². The van der Waals surface area contributed by atoms with E-state index in [1.807, 2.05) is 85.7 Å². The number of hydrogen-bond acceptors (Lipinski definition) is 18. The van der Waals surface area contributed by atoms with Crippen molar-refractivity contribution in [1.29, 1.82) is 0 Å². The molecule has 24 heteroatoms. The van der Waals surface area contributed by atoms with Crippen molar-refractivity contribution in [2.75, 3.05) is 35.8 Å². The van der Waals surface area contributed by atoms with Crippen LogP contribution in [0.2, 0.25) is 0 Å². The molecule has 0 unspecified atom stereocenters. The summed E-state index contributed by atoms with van der Waals surface area (Å²) in [7, 11) is 0. The molecule has 1 aliphatic carbocycles. The van der Waals surface area contributed by atoms with Gasteiger partial charge in [0.05, 0.1) is 36.9 Å². The molecule has 16 rings (SSSR count). The van der Waals surface area contributed by atoms with Gasteiger partial charge in [-0.25, -0.2) is 73.0 Å². The van der Waals surface area contributed by atoms with Crippen molar-refractivity contribution >= 4 is 34.8 Å². The van der Waals surface area contributed by atoms with E-state index in [4.69, 9.17) is 14.2 Å². The van der Waals surface area contributed by atoms with E-state index >= 15 is 0 Å². The summed E-state index contributed by atoms with van der Waals surface area (Å²) in [6.45, 7) is 14.1. The maximum atomic E-state index is 14.5. The summed E-state index contributed by atoms with van der Waals surface area (Å²) < 4.78 is 65.8. The fourth-order valence-electron chi connectivity index (χ4n) is 11.7. The minimum absolute atomic E-state index is 0.237. The highest BCUT2D eigenvalue weighted by Crippen LogP contribution is 2.39. The lowest BCUT2D eigenvalue weighted by Crippen LogP contribution is -2.10. The summed E-state index contributed by atoms with van der Waals surface area (Å²) in [4.78, 5) is 54.1. The molecule has 454 valence electrons. The van der Waals surface area contributed by atoms with E-state index in [1.165, 1.54) is 31.0 Å². The zero-order valence-electron chi connectivity index (χ0n) is 50.2. The van der Waals surface area contributed by atoms with Gasteiger partial charge < -0.3 is 30.2 Å². The predicted octanol–water partition coefficient (Wildman–Crippen LogP) is 11.3. The van der Waals surface area contributed by atoms with Crippen molar-refractivity contribution < 1.29 is 27.4 Å². The number of rotatable bonds is 13. The molecule has 1 fully saturated rings. The number of fused-ring (bicyclic) bond motifs is 6. The van der Waals surface area contributed by atoms with Crippen LogP contribution in [0.5, 0.6) is 17.2 Å². The van der Waals surface area contributed by atoms with Crippen LogP contribution < -0.4 is 30.2 Å². The van der Waals surface area contributed by atoms with Gasteiger partial charge >= 0.3 is 0 Å². The molecule has 0 atom stereocenters. The number of ether oxygens (including phenoxy) is 3. The van der Waals surface area contributed by atoms with Crippen LogP contribution in [0.1, 0.15) is 92.4 Å². The lowest BCUT2D eigenvalue weighted by molar-refractivity contribution is 0.356. The smallest absolute Gasteiger partial charge is 0.208 e. The molecule has 3 aromatic carbocycles. The first kappa shape index (κ1) is 57.1. The molecule has 90 heavy (non-hydrogen) atoms. The Bertz CT molecular complexity index is 4740. The summed E-state index contributed by atoms with van der Waals surface area (Å²) in [5.41, 5.74) is 15.5. The standard InChI is InChI=1S/C23H21FN6O.C22H21FN6O.C21H19FN6O/c1-13-12-30-22(29-13)17(15-8-25-21(26-9-15)14-2-3-14)10-27-23(30)28-11-18-16-6-7-31-20(16)5-4-19(18)24;1-12-11-29-21(27-12)18(16-8-24-14(3)28-13(16)2)10-26-22(29)25-9-17-15-6-7-30-20(15)5-4-19(17)23;1-12-11-28-20(27-12)16(14-7-23-13(2)24-8-14)9-25-21(28)26-10-17-15-5-6-29-19(15)4-3-18(17)22/h4-5,8-10,12,14H,2-3,6-7,11H2,1H3,(H,27,28);4-5,8,10-11H,6-7,9H2,1-3H3,(H,25,26);3-4,7-9,11H,5-6,10H2,1-2H3,(H,25,26). The molecule has 0 radical (unpaired) electrons. The van der Waals surface area contributed by atoms with Crippen molar-refractivity contribution in [2.24, 2.45) is 0 Å². The lowest BCUT2D eigenvalue weighted by Gasteiger charge is -2.13. The molecule has 0 spiro atoms. The normalized spacial score (nSPS) is 13.6. The largest absolute Gasteiger partial charge is 0.493 e. The quantitative estimate of drug-likeness (QED) is 0.0974. The SMILES string of the molecule is Cc1cn2c(NCc3c(F)ccc4c3CCO4)ncc(-c3cnc(C)nc3)c2n1.Cc1cn2c(NCc3c(F)ccc4c3CCO4)ncc(-c3cnc(C)nc3C)c2n1.Cc1cn2c(NCc3c(F)ccc4c3CCO4)ncc(-c3cnc(C4CC4)nc3)c2n1. The number of hydrogen-bond donors (Lipinski definition) is 3. The van der Waals surface area contributed by atoms with E-state index in [2.05, 4.69) is 75.8 Å². The highest BCUT2D eigenvalue weighted by molar-refractivity contribution is 5.80. The maximum Gasteiger partial charge on any atom is 0.208 e. The van der Waals surface area contributed by atoms with Gasteiger partial charge in [0.1, 0.15) is 69.1 Å². The van der Waals surface area contributed by atoms with Gasteiger partial charge in [0.15, 0.2) is 0 Å². The highest BCUT2D eigenvalue weighted by Gasteiger charge is 2.28. The number of anilines is 3. The van der Waals surface area contributed by atoms with Gasteiger partial charge in [0, 0.05) is 185 Å². The van der Waals surface area contributed by atoms with E-state index < -0.39 is 0 Å². The van der Waals surface area contributed by atoms with Gasteiger partial charge in [0.25, 0.3) is 0 Å². The Kier molecular flexibility index (Phi) is 15.1. The van der Waals surface area contributed by atoms with Crippen molar-refractivity contribution in [3.05, 3.63) is 196 Å². The molecule has 12 heterocycles. The minimum atomic E-state index is -0.242. The number of halogens is 3. The fourth-order valence-corrected chi connectivity index (χ4v) is 11.7. The molecule has 21 nitrogen and oxygen atoms in total. The van der Waals surface area contributed by atoms with Crippen LogP contribution in [-0.2, 0) is 38.9 Å². The topological polar surface area (TPSA) is 232 Å². The van der Waals surface area contributed by atoms with Gasteiger partial charge in [-0.1, -0.05) is 0 Å². The molecule has 1 saturated carbocycles. The predicted molar refractivity (Wildman–Crippen MR) is 331 cm³/mol. The van der Waals surface area contributed by atoms with Gasteiger partial charge in [-0.3, -0.25) is 13.2 Å². The number of imidazole rings is 3. The molecule has 4 aliphatic rings. The summed E-state index contributed by atoms with van der Waals surface area (Å²) in [6.07, 6.45) is 24.5. The van der Waals surface area contributed by atoms with E-state index in [0.29, 0.717) is 105 Å². The van der Waals surface area contributed by atoms with E-state index in [0.717, 1.165) is 119 Å². The number of aryl methyl sites for hydroxylation is 6. The molecule has 0 bridgehead atoms. The Balaban J connectivity index is 0.000000118. The third kappa shape index (κ3) is 11.2. The molecular formula is C66H61F3N18O3. The van der Waals surface area contributed by atoms with Crippen LogP contribution in [0.25, 0.3) is 50.3 Å². The Morgan fingerprint density at radius 3 is 1.19 bits per heavy atom. The average Bonchev–Trinajstić information content (AvgIpc) is 1.71. The van der Waals surface area contributed by atoms with Crippen molar-refractivity contribution in [1.82, 2.24) is 73.0 Å². The third-order valence-electron chi connectivity index (χ3n) is 16.3. The first-order valence-electron chi connectivity index (χ1n) is 29.7. The van der Waals surface area contributed by atoms with E-state index in [9.17, 15) is 13.2 Å². The Hall–Kier alpha value is -10.7. The fraction of sp³-hybridized carbons (Fsp3) is 0.273. The zero-order valence-corrected chi connectivity index (χ0v) is 50.2. The minimum Gasteiger partial charge on any atom is -0.493 e. The van der Waals surface area contributed by atoms with Crippen molar-refractivity contribution in [3.63, 3.8) is 0 Å². The van der Waals surface area contributed by atoms with Crippen LogP contribution >= 0.6 is 0 Å². The third-order valence-corrected chi connectivity index (χ3v) is 16.3. The van der Waals surface area contributed by atoms with Crippen molar-refractivity contribution in [2.45, 2.75) is 99.2 Å². The Labute approximate surface area is 514 Å². The second kappa shape index (κ2) is 23.8. The monoisotopic (exact) mass is 1210 g/mol. The van der Waals surface area contributed by atoms with Crippen LogP contribution in [0.4, 0.5) is 31.0 Å². The maximum absolute atomic E-state index is 14.5. The molecule has 3 N–H and O–H groups in total. The molecule has 9 aromatic heterocycles. The van der Waals surface area contributed by atoms with Gasteiger partial charge in [-0.05, 0) is 90.8 Å². The van der Waals surface area contributed by atoms with Crippen LogP contribution in [0.15, 0.2) is 105 Å². The molecule has 0 amide bonds. The zero-order chi connectivity index (χ0) is 61.7. The van der Waals surface area contributed by atoms with Gasteiger partial charge in [0.2, 0.25) is 17.8 Å². The van der Waals surface area contributed by atoms with E-state index in [1.54, 1.807) is 55.4 Å². The Morgan fingerprint density at radius 1 is 0.422 bits per heavy atom. The van der Waals surface area contributed by atoms with Crippen molar-refractivity contribution in [3.8, 4) is 50.6 Å². The summed E-state index contributed by atoms with van der Waals surface area (Å²) in [5.74, 6) is 6.20. The number of nitrogens with one attached hydrogen (secondary N) is 3. The summed E-state index contributed by atoms with van der Waals surface area (Å²) in [6, 6.07) is 9.44. The number of aromatic nitrogens is 15. The molecule has 12 aromatic rings. The van der Waals surface area contributed by atoms with Gasteiger partial charge in [-0.15, -0.1) is 0 Å². The van der Waals surface area contributed by atoms with Crippen LogP contribution in [0.3, 0.4) is 0 Å². The second-order valence-electron chi connectivity index (χ2n) is 22.6. The summed E-state index contributed by atoms with van der Waals surface area (Å²) >= 11 is 0. The molecule has 0 saturated heterocycles. The van der Waals surface area contributed by atoms with Crippen LogP contribution in [0, 0.1) is 59.0 Å². The first-order valence-corrected chi connectivity index (χ1v) is 29.7. The Morgan fingerprint density at radius 2 is 0.789 bits per heavy atom. The second-order valence-corrected chi connectivity index (χ2v) is 22.6. The highest BCUT2D eigenvalue weighted by atomic mass is 19.1. The summed E-state index contributed by atoms with van der Waals surface area (Å²) in [5, 5.41) is 9.82. The number of nitrogens with zero attached hydrogens (tertiary/aromatic N) is 15. The van der Waals surface area contributed by atoms with Gasteiger partial charge in [-0.2, -0.15) is 0 Å².